The Balaban J connectivity index is 4.22. The Hall–Kier alpha value is -1.04. The van der Waals surface area contributed by atoms with Gasteiger partial charge in [-0.2, -0.15) is 0 Å². The van der Waals surface area contributed by atoms with E-state index in [9.17, 15) is 13.2 Å². The lowest BCUT2D eigenvalue weighted by atomic mass is 10.2. The van der Waals surface area contributed by atoms with E-state index in [1.807, 2.05) is 0 Å². The third-order valence-corrected chi connectivity index (χ3v) is 2.01. The van der Waals surface area contributed by atoms with Crippen LogP contribution in [-0.4, -0.2) is 32.4 Å². The zero-order valence-corrected chi connectivity index (χ0v) is 11.1. The third kappa shape index (κ3) is 9.51. The molecule has 0 unspecified atom stereocenters. The Morgan fingerprint density at radius 3 is 2.25 bits per heavy atom. The minimum atomic E-state index is -3.16. The van der Waals surface area contributed by atoms with Crippen molar-refractivity contribution in [1.29, 1.82) is 0 Å². The molecule has 0 rings (SSSR count). The zero-order chi connectivity index (χ0) is 13.0. The Labute approximate surface area is 96.8 Å². The Bertz CT molecular complexity index is 365. The summed E-state index contributed by atoms with van der Waals surface area (Å²) in [7, 11) is -3.16. The van der Waals surface area contributed by atoms with Crippen LogP contribution in [-0.2, 0) is 14.6 Å². The van der Waals surface area contributed by atoms with E-state index in [0.29, 0.717) is 0 Å². The fraction of sp³-hybridized carbons (Fsp3) is 0.700. The number of carbonyl (C=O) groups excluding carboxylic acids is 1. The first kappa shape index (κ1) is 15.0. The number of carbonyl (C=O) groups is 1. The Kier molecular flexibility index (Phi) is 4.99. The number of nitrogens with one attached hydrogen (secondary N) is 1. The lowest BCUT2D eigenvalue weighted by molar-refractivity contribution is 0.0518. The molecule has 0 aromatic heterocycles. The molecule has 0 aliphatic heterocycles. The molecule has 0 radical (unpaired) electrons. The van der Waals surface area contributed by atoms with Crippen LogP contribution < -0.4 is 5.32 Å². The molecule has 0 saturated carbocycles. The highest BCUT2D eigenvalue weighted by Gasteiger charge is 2.16. The molecule has 5 nitrogen and oxygen atoms in total. The van der Waals surface area contributed by atoms with Crippen molar-refractivity contribution in [2.45, 2.75) is 39.3 Å². The summed E-state index contributed by atoms with van der Waals surface area (Å²) in [6.07, 6.45) is 1.90. The molecule has 0 saturated heterocycles. The predicted octanol–water partition coefficient (Wildman–Crippen LogP) is 1.46. The Morgan fingerprint density at radius 2 is 1.88 bits per heavy atom. The fourth-order valence-electron chi connectivity index (χ4n) is 0.802. The number of sulfone groups is 1. The van der Waals surface area contributed by atoms with Crippen molar-refractivity contribution in [1.82, 2.24) is 5.32 Å². The highest BCUT2D eigenvalue weighted by Crippen LogP contribution is 2.06. The van der Waals surface area contributed by atoms with Crippen molar-refractivity contribution in [3.05, 3.63) is 11.5 Å². The van der Waals surface area contributed by atoms with Gasteiger partial charge in [0.25, 0.3) is 0 Å². The van der Waals surface area contributed by atoms with Crippen molar-refractivity contribution in [2.24, 2.45) is 0 Å². The van der Waals surface area contributed by atoms with Gasteiger partial charge in [0.15, 0.2) is 9.84 Å². The van der Waals surface area contributed by atoms with Crippen LogP contribution in [0.2, 0.25) is 0 Å². The van der Waals surface area contributed by atoms with E-state index >= 15 is 0 Å². The van der Waals surface area contributed by atoms with E-state index in [0.717, 1.165) is 11.7 Å². The van der Waals surface area contributed by atoms with Gasteiger partial charge in [0, 0.05) is 17.7 Å². The number of hydrogen-bond donors (Lipinski definition) is 1. The molecule has 6 heteroatoms. The van der Waals surface area contributed by atoms with Crippen LogP contribution in [0, 0.1) is 0 Å². The normalized spacial score (nSPS) is 14.8. The maximum atomic E-state index is 11.3. The molecule has 0 aliphatic carbocycles. The fourth-order valence-corrected chi connectivity index (χ4v) is 1.32. The van der Waals surface area contributed by atoms with E-state index in [-0.39, 0.29) is 0 Å². The average Bonchev–Trinajstić information content (AvgIpc) is 1.95. The van der Waals surface area contributed by atoms with Gasteiger partial charge in [-0.1, -0.05) is 6.08 Å². The van der Waals surface area contributed by atoms with Gasteiger partial charge in [-0.05, 0) is 27.7 Å². The van der Waals surface area contributed by atoms with E-state index in [4.69, 9.17) is 4.74 Å². The molecule has 1 N–H and O–H groups in total. The van der Waals surface area contributed by atoms with Crippen LogP contribution in [0.3, 0.4) is 0 Å². The lowest BCUT2D eigenvalue weighted by Gasteiger charge is -2.20. The first-order valence-corrected chi connectivity index (χ1v) is 6.83. The summed E-state index contributed by atoms with van der Waals surface area (Å²) in [6.45, 7) is 6.92. The predicted molar refractivity (Wildman–Crippen MR) is 62.8 cm³/mol. The minimum absolute atomic E-state index is 0.399. The number of alkyl carbamates (subject to hydrolysis) is 1. The summed E-state index contributed by atoms with van der Waals surface area (Å²) < 4.78 is 26.6. The Morgan fingerprint density at radius 1 is 1.38 bits per heavy atom. The second kappa shape index (κ2) is 5.34. The molecule has 0 aromatic carbocycles. The van der Waals surface area contributed by atoms with E-state index in [1.54, 1.807) is 27.7 Å². The first-order valence-electron chi connectivity index (χ1n) is 4.87. The molecule has 0 aromatic rings. The van der Waals surface area contributed by atoms with Crippen LogP contribution >= 0.6 is 0 Å². The second-order valence-electron chi connectivity index (χ2n) is 4.59. The van der Waals surface area contributed by atoms with Gasteiger partial charge in [0.1, 0.15) is 5.60 Å². The smallest absolute Gasteiger partial charge is 0.408 e. The SMILES string of the molecule is C[C@H](/C=C\S(C)(=O)=O)NC(=O)OC(C)(C)C. The summed E-state index contributed by atoms with van der Waals surface area (Å²) in [5.41, 5.74) is -0.565. The summed E-state index contributed by atoms with van der Waals surface area (Å²) in [5, 5.41) is 3.55. The highest BCUT2D eigenvalue weighted by molar-refractivity contribution is 7.93. The monoisotopic (exact) mass is 249 g/mol. The largest absolute Gasteiger partial charge is 0.444 e. The van der Waals surface area contributed by atoms with E-state index in [2.05, 4.69) is 5.32 Å². The summed E-state index contributed by atoms with van der Waals surface area (Å²) >= 11 is 0. The summed E-state index contributed by atoms with van der Waals surface area (Å²) in [6, 6.07) is -0.399. The number of hydrogen-bond acceptors (Lipinski definition) is 4. The summed E-state index contributed by atoms with van der Waals surface area (Å²) in [4.78, 5) is 11.3. The number of amides is 1. The molecule has 0 heterocycles. The zero-order valence-electron chi connectivity index (χ0n) is 10.3. The maximum absolute atomic E-state index is 11.3. The van der Waals surface area contributed by atoms with Crippen LogP contribution in [0.25, 0.3) is 0 Å². The van der Waals surface area contributed by atoms with Crippen molar-refractivity contribution < 1.29 is 17.9 Å². The van der Waals surface area contributed by atoms with Crippen LogP contribution in [0.1, 0.15) is 27.7 Å². The standard InChI is InChI=1S/C10H19NO4S/c1-8(6-7-16(5,13)14)11-9(12)15-10(2,3)4/h6-8H,1-5H3,(H,11,12)/b7-6-/t8-/m1/s1. The van der Waals surface area contributed by atoms with Crippen LogP contribution in [0.4, 0.5) is 4.79 Å². The number of rotatable bonds is 3. The van der Waals surface area contributed by atoms with Gasteiger partial charge >= 0.3 is 6.09 Å². The van der Waals surface area contributed by atoms with Gasteiger partial charge in [-0.3, -0.25) is 0 Å². The van der Waals surface area contributed by atoms with Gasteiger partial charge in [-0.15, -0.1) is 0 Å². The molecule has 1 atom stereocenters. The highest BCUT2D eigenvalue weighted by atomic mass is 32.2. The molecule has 0 spiro atoms. The van der Waals surface area contributed by atoms with Gasteiger partial charge in [-0.25, -0.2) is 13.2 Å². The van der Waals surface area contributed by atoms with Crippen molar-refractivity contribution in [2.75, 3.05) is 6.26 Å². The minimum Gasteiger partial charge on any atom is -0.444 e. The molecule has 16 heavy (non-hydrogen) atoms. The third-order valence-electron chi connectivity index (χ3n) is 1.36. The molecule has 1 amide bonds. The topological polar surface area (TPSA) is 72.5 Å². The quantitative estimate of drug-likeness (QED) is 0.821. The van der Waals surface area contributed by atoms with Gasteiger partial charge in [0.05, 0.1) is 0 Å². The van der Waals surface area contributed by atoms with E-state index < -0.39 is 27.6 Å². The van der Waals surface area contributed by atoms with Crippen molar-refractivity contribution in [3.63, 3.8) is 0 Å². The molecule has 0 bridgehead atoms. The maximum Gasteiger partial charge on any atom is 0.408 e. The molecular formula is C10H19NO4S. The number of ether oxygens (including phenoxy) is 1. The van der Waals surface area contributed by atoms with Crippen molar-refractivity contribution >= 4 is 15.9 Å². The summed E-state index contributed by atoms with van der Waals surface area (Å²) in [5.74, 6) is 0. The van der Waals surface area contributed by atoms with Gasteiger partial charge in [0.2, 0.25) is 0 Å². The molecular weight excluding hydrogens is 230 g/mol. The van der Waals surface area contributed by atoms with Crippen molar-refractivity contribution in [3.8, 4) is 0 Å². The van der Waals surface area contributed by atoms with E-state index in [1.165, 1.54) is 6.08 Å². The molecule has 94 valence electrons. The average molecular weight is 249 g/mol. The van der Waals surface area contributed by atoms with Crippen LogP contribution in [0.5, 0.6) is 0 Å². The van der Waals surface area contributed by atoms with Gasteiger partial charge < -0.3 is 10.1 Å². The molecule has 0 fully saturated rings. The lowest BCUT2D eigenvalue weighted by Crippen LogP contribution is -2.36. The van der Waals surface area contributed by atoms with Crippen LogP contribution in [0.15, 0.2) is 11.5 Å². The molecule has 0 aliphatic rings. The first-order chi connectivity index (χ1) is 6.99. The second-order valence-corrected chi connectivity index (χ2v) is 6.52.